The molecule has 0 aliphatic heterocycles. The Kier molecular flexibility index (Phi) is 4.78. The van der Waals surface area contributed by atoms with Crippen molar-refractivity contribution < 1.29 is 4.79 Å². The molecule has 5 nitrogen and oxygen atoms in total. The first-order valence-corrected chi connectivity index (χ1v) is 9.05. The van der Waals surface area contributed by atoms with Crippen LogP contribution in [0.5, 0.6) is 0 Å². The Hall–Kier alpha value is -2.95. The third-order valence-corrected chi connectivity index (χ3v) is 4.87. The van der Waals surface area contributed by atoms with E-state index in [-0.39, 0.29) is 11.9 Å². The average Bonchev–Trinajstić information content (AvgIpc) is 3.40. The Morgan fingerprint density at radius 1 is 1.12 bits per heavy atom. The van der Waals surface area contributed by atoms with Gasteiger partial charge in [-0.2, -0.15) is 5.10 Å². The molecule has 132 valence electrons. The molecular formula is C21H22N4O. The van der Waals surface area contributed by atoms with Gasteiger partial charge < -0.3 is 5.32 Å². The van der Waals surface area contributed by atoms with Crippen LogP contribution in [0.25, 0.3) is 0 Å². The first-order chi connectivity index (χ1) is 12.8. The molecule has 1 saturated carbocycles. The number of aromatic nitrogens is 3. The van der Waals surface area contributed by atoms with E-state index >= 15 is 0 Å². The van der Waals surface area contributed by atoms with E-state index in [0.717, 1.165) is 12.0 Å². The predicted molar refractivity (Wildman–Crippen MR) is 99.7 cm³/mol. The number of nitrogens with one attached hydrogen (secondary N) is 1. The van der Waals surface area contributed by atoms with Crippen molar-refractivity contribution in [2.24, 2.45) is 5.92 Å². The maximum atomic E-state index is 13.0. The van der Waals surface area contributed by atoms with E-state index in [1.54, 1.807) is 11.0 Å². The first-order valence-electron chi connectivity index (χ1n) is 9.05. The van der Waals surface area contributed by atoms with Crippen LogP contribution in [0.15, 0.2) is 67.3 Å². The van der Waals surface area contributed by atoms with Crippen molar-refractivity contribution in [3.05, 3.63) is 83.9 Å². The quantitative estimate of drug-likeness (QED) is 0.715. The second-order valence-electron chi connectivity index (χ2n) is 6.86. The molecule has 1 unspecified atom stereocenters. The van der Waals surface area contributed by atoms with E-state index in [2.05, 4.69) is 39.7 Å². The highest BCUT2D eigenvalue weighted by Gasteiger charge is 2.32. The Balaban J connectivity index is 1.50. The van der Waals surface area contributed by atoms with Gasteiger partial charge in [-0.1, -0.05) is 48.5 Å². The van der Waals surface area contributed by atoms with Gasteiger partial charge in [-0.05, 0) is 42.4 Å². The minimum Gasteiger partial charge on any atom is -0.349 e. The minimum atomic E-state index is -0.00598. The van der Waals surface area contributed by atoms with Gasteiger partial charge in [0.05, 0.1) is 6.54 Å². The van der Waals surface area contributed by atoms with E-state index < -0.39 is 0 Å². The minimum absolute atomic E-state index is 0.00598. The Morgan fingerprint density at radius 2 is 1.88 bits per heavy atom. The van der Waals surface area contributed by atoms with Gasteiger partial charge in [0.15, 0.2) is 0 Å². The number of rotatable bonds is 7. The van der Waals surface area contributed by atoms with Crippen LogP contribution in [0.2, 0.25) is 0 Å². The van der Waals surface area contributed by atoms with Crippen molar-refractivity contribution in [1.82, 2.24) is 20.1 Å². The molecule has 2 aromatic carbocycles. The number of nitrogens with zero attached hydrogens (tertiary/aromatic N) is 3. The summed E-state index contributed by atoms with van der Waals surface area (Å²) < 4.78 is 1.73. The van der Waals surface area contributed by atoms with Crippen LogP contribution in [0, 0.1) is 5.92 Å². The van der Waals surface area contributed by atoms with Crippen molar-refractivity contribution in [3.8, 4) is 0 Å². The van der Waals surface area contributed by atoms with Gasteiger partial charge in [0, 0.05) is 11.6 Å². The lowest BCUT2D eigenvalue weighted by Crippen LogP contribution is -2.38. The van der Waals surface area contributed by atoms with E-state index in [1.807, 2.05) is 30.3 Å². The summed E-state index contributed by atoms with van der Waals surface area (Å²) in [4.78, 5) is 16.9. The van der Waals surface area contributed by atoms with Crippen LogP contribution >= 0.6 is 0 Å². The van der Waals surface area contributed by atoms with Crippen molar-refractivity contribution in [1.29, 1.82) is 0 Å². The monoisotopic (exact) mass is 346 g/mol. The number of carbonyl (C=O) groups excluding carboxylic acids is 1. The zero-order chi connectivity index (χ0) is 17.8. The second kappa shape index (κ2) is 7.52. The third-order valence-electron chi connectivity index (χ3n) is 4.87. The molecule has 3 aromatic rings. The maximum absolute atomic E-state index is 13.0. The summed E-state index contributed by atoms with van der Waals surface area (Å²) >= 11 is 0. The number of benzene rings is 2. The van der Waals surface area contributed by atoms with Gasteiger partial charge >= 0.3 is 0 Å². The average molecular weight is 346 g/mol. The largest absolute Gasteiger partial charge is 0.349 e. The summed E-state index contributed by atoms with van der Waals surface area (Å²) in [6.07, 6.45) is 6.43. The van der Waals surface area contributed by atoms with Crippen LogP contribution in [0.4, 0.5) is 0 Å². The van der Waals surface area contributed by atoms with Crippen LogP contribution in [0.1, 0.15) is 34.3 Å². The van der Waals surface area contributed by atoms with Crippen molar-refractivity contribution in [3.63, 3.8) is 0 Å². The SMILES string of the molecule is O=C(NC(Cc1ccccc1)C1CC1)c1ccccc1Cn1cncn1. The summed E-state index contributed by atoms with van der Waals surface area (Å²) in [6, 6.07) is 18.3. The molecule has 1 amide bonds. The Labute approximate surface area is 153 Å². The van der Waals surface area contributed by atoms with Crippen molar-refractivity contribution in [2.45, 2.75) is 31.8 Å². The van der Waals surface area contributed by atoms with E-state index in [0.29, 0.717) is 18.0 Å². The summed E-state index contributed by atoms with van der Waals surface area (Å²) in [5.41, 5.74) is 2.92. The molecule has 4 rings (SSSR count). The topological polar surface area (TPSA) is 59.8 Å². The molecule has 0 radical (unpaired) electrons. The second-order valence-corrected chi connectivity index (χ2v) is 6.86. The highest BCUT2D eigenvalue weighted by Crippen LogP contribution is 2.34. The summed E-state index contributed by atoms with van der Waals surface area (Å²) in [6.45, 7) is 0.538. The molecule has 0 spiro atoms. The number of carbonyl (C=O) groups is 1. The molecule has 1 aliphatic rings. The molecule has 0 saturated heterocycles. The molecule has 1 fully saturated rings. The van der Waals surface area contributed by atoms with Gasteiger partial charge in [-0.3, -0.25) is 4.79 Å². The van der Waals surface area contributed by atoms with Crippen LogP contribution in [-0.4, -0.2) is 26.7 Å². The predicted octanol–water partition coefficient (Wildman–Crippen LogP) is 3.08. The van der Waals surface area contributed by atoms with Crippen LogP contribution in [-0.2, 0) is 13.0 Å². The number of amides is 1. The molecule has 0 bridgehead atoms. The highest BCUT2D eigenvalue weighted by molar-refractivity contribution is 5.95. The third kappa shape index (κ3) is 3.99. The van der Waals surface area contributed by atoms with E-state index in [1.165, 1.54) is 24.7 Å². The fraction of sp³-hybridized carbons (Fsp3) is 0.286. The Bertz CT molecular complexity index is 857. The van der Waals surface area contributed by atoms with Crippen molar-refractivity contribution in [2.75, 3.05) is 0 Å². The zero-order valence-corrected chi connectivity index (χ0v) is 14.6. The van der Waals surface area contributed by atoms with Gasteiger partial charge in [-0.15, -0.1) is 0 Å². The van der Waals surface area contributed by atoms with Gasteiger partial charge in [0.1, 0.15) is 12.7 Å². The molecule has 1 heterocycles. The Morgan fingerprint density at radius 3 is 2.62 bits per heavy atom. The van der Waals surface area contributed by atoms with Crippen LogP contribution in [0.3, 0.4) is 0 Å². The molecule has 26 heavy (non-hydrogen) atoms. The summed E-state index contributed by atoms with van der Waals surface area (Å²) in [5, 5.41) is 7.42. The normalized spacial score (nSPS) is 14.8. The fourth-order valence-electron chi connectivity index (χ4n) is 3.32. The lowest BCUT2D eigenvalue weighted by Gasteiger charge is -2.19. The molecule has 1 atom stereocenters. The summed E-state index contributed by atoms with van der Waals surface area (Å²) in [5.74, 6) is 0.579. The standard InChI is InChI=1S/C21H22N4O/c26-21(19-9-5-4-8-18(19)13-25-15-22-14-23-25)24-20(17-10-11-17)12-16-6-2-1-3-7-16/h1-9,14-15,17,20H,10-13H2,(H,24,26). The fourth-order valence-corrected chi connectivity index (χ4v) is 3.32. The molecule has 5 heteroatoms. The van der Waals surface area contributed by atoms with E-state index in [9.17, 15) is 4.79 Å². The molecule has 1 aromatic heterocycles. The smallest absolute Gasteiger partial charge is 0.251 e. The van der Waals surface area contributed by atoms with Crippen LogP contribution < -0.4 is 5.32 Å². The van der Waals surface area contributed by atoms with Gasteiger partial charge in [0.25, 0.3) is 5.91 Å². The van der Waals surface area contributed by atoms with E-state index in [4.69, 9.17) is 0 Å². The number of hydrogen-bond acceptors (Lipinski definition) is 3. The highest BCUT2D eigenvalue weighted by atomic mass is 16.1. The van der Waals surface area contributed by atoms with Crippen molar-refractivity contribution >= 4 is 5.91 Å². The van der Waals surface area contributed by atoms with Gasteiger partial charge in [0.2, 0.25) is 0 Å². The molecular weight excluding hydrogens is 324 g/mol. The molecule has 1 aliphatic carbocycles. The lowest BCUT2D eigenvalue weighted by atomic mass is 10.0. The maximum Gasteiger partial charge on any atom is 0.251 e. The lowest BCUT2D eigenvalue weighted by molar-refractivity contribution is 0.0931. The van der Waals surface area contributed by atoms with Gasteiger partial charge in [-0.25, -0.2) is 9.67 Å². The molecule has 1 N–H and O–H groups in total. The zero-order valence-electron chi connectivity index (χ0n) is 14.6. The first kappa shape index (κ1) is 16.5. The number of hydrogen-bond donors (Lipinski definition) is 1. The summed E-state index contributed by atoms with van der Waals surface area (Å²) in [7, 11) is 0.